The molecule has 0 N–H and O–H groups in total. The van der Waals surface area contributed by atoms with Crippen molar-refractivity contribution in [2.75, 3.05) is 0 Å². The maximum Gasteiger partial charge on any atom is 0.0793 e. The van der Waals surface area contributed by atoms with Crippen molar-refractivity contribution in [2.45, 2.75) is 52.0 Å². The van der Waals surface area contributed by atoms with Crippen LogP contribution in [0.25, 0.3) is 0 Å². The molecule has 1 heteroatoms. The lowest BCUT2D eigenvalue weighted by atomic mass is 9.81. The quantitative estimate of drug-likeness (QED) is 0.666. The molecule has 16 heavy (non-hydrogen) atoms. The van der Waals surface area contributed by atoms with Gasteiger partial charge in [-0.1, -0.05) is 45.0 Å². The third-order valence-corrected chi connectivity index (χ3v) is 3.65. The van der Waals surface area contributed by atoms with Crippen molar-refractivity contribution < 1.29 is 0 Å². The molecule has 0 aliphatic heterocycles. The first-order valence-corrected chi connectivity index (χ1v) is 5.92. The van der Waals surface area contributed by atoms with Crippen LogP contribution in [0.15, 0.2) is 29.3 Å². The minimum absolute atomic E-state index is 0.186. The van der Waals surface area contributed by atoms with Crippen molar-refractivity contribution in [1.82, 2.24) is 0 Å². The van der Waals surface area contributed by atoms with E-state index in [0.717, 1.165) is 6.42 Å². The van der Waals surface area contributed by atoms with Gasteiger partial charge in [-0.15, -0.1) is 0 Å². The van der Waals surface area contributed by atoms with E-state index in [1.807, 2.05) is 0 Å². The molecule has 1 aromatic rings. The van der Waals surface area contributed by atoms with Gasteiger partial charge in [0.25, 0.3) is 0 Å². The molecule has 0 saturated heterocycles. The Labute approximate surface area is 99.6 Å². The van der Waals surface area contributed by atoms with Crippen molar-refractivity contribution >= 4 is 6.72 Å². The average molecular weight is 217 g/mol. The van der Waals surface area contributed by atoms with E-state index in [9.17, 15) is 0 Å². The summed E-state index contributed by atoms with van der Waals surface area (Å²) >= 11 is 0. The Morgan fingerprint density at radius 1 is 1.00 bits per heavy atom. The molecule has 0 atom stereocenters. The highest BCUT2D eigenvalue weighted by molar-refractivity contribution is 5.34. The summed E-state index contributed by atoms with van der Waals surface area (Å²) in [5.41, 5.74) is 2.68. The highest BCUT2D eigenvalue weighted by Gasteiger charge is 2.21. The Bertz CT molecular complexity index is 358. The maximum absolute atomic E-state index is 4.15. The summed E-state index contributed by atoms with van der Waals surface area (Å²) in [6.07, 6.45) is 1.15. The predicted octanol–water partition coefficient (Wildman–Crippen LogP) is 4.31. The highest BCUT2D eigenvalue weighted by atomic mass is 14.8. The van der Waals surface area contributed by atoms with E-state index < -0.39 is 0 Å². The van der Waals surface area contributed by atoms with E-state index in [4.69, 9.17) is 0 Å². The molecule has 0 aliphatic carbocycles. The van der Waals surface area contributed by atoms with Crippen LogP contribution in [-0.2, 0) is 11.0 Å². The van der Waals surface area contributed by atoms with Crippen LogP contribution in [0, 0.1) is 0 Å². The van der Waals surface area contributed by atoms with Gasteiger partial charge in [-0.05, 0) is 43.5 Å². The average Bonchev–Trinajstić information content (AvgIpc) is 2.29. The zero-order valence-electron chi connectivity index (χ0n) is 11.2. The van der Waals surface area contributed by atoms with Crippen LogP contribution in [0.1, 0.15) is 52.2 Å². The van der Waals surface area contributed by atoms with Gasteiger partial charge in [0.2, 0.25) is 0 Å². The first-order valence-electron chi connectivity index (χ1n) is 5.92. The first-order chi connectivity index (χ1) is 7.33. The number of hydrogen-bond acceptors (Lipinski definition) is 1. The summed E-state index contributed by atoms with van der Waals surface area (Å²) in [6, 6.07) is 8.76. The van der Waals surface area contributed by atoms with Gasteiger partial charge in [0.1, 0.15) is 0 Å². The molecule has 88 valence electrons. The van der Waals surface area contributed by atoms with Crippen LogP contribution in [-0.4, -0.2) is 6.72 Å². The second-order valence-corrected chi connectivity index (χ2v) is 5.53. The second-order valence-electron chi connectivity index (χ2n) is 5.53. The van der Waals surface area contributed by atoms with E-state index in [-0.39, 0.29) is 11.0 Å². The predicted molar refractivity (Wildman–Crippen MR) is 72.3 cm³/mol. The van der Waals surface area contributed by atoms with E-state index in [1.165, 1.54) is 11.1 Å². The lowest BCUT2D eigenvalue weighted by molar-refractivity contribution is 0.504. The summed E-state index contributed by atoms with van der Waals surface area (Å²) in [6.45, 7) is 14.6. The van der Waals surface area contributed by atoms with Crippen LogP contribution in [0.4, 0.5) is 0 Å². The molecule has 0 aromatic heterocycles. The lowest BCUT2D eigenvalue weighted by Crippen LogP contribution is -2.17. The fourth-order valence-electron chi connectivity index (χ4n) is 1.62. The monoisotopic (exact) mass is 217 g/mol. The molecular weight excluding hydrogens is 194 g/mol. The molecule has 0 radical (unpaired) electrons. The number of hydrogen-bond donors (Lipinski definition) is 0. The lowest BCUT2D eigenvalue weighted by Gasteiger charge is -2.25. The largest absolute Gasteiger partial charge is 0.290 e. The number of nitrogens with zero attached hydrogens (tertiary/aromatic N) is 1. The molecule has 0 saturated carbocycles. The minimum atomic E-state index is -0.186. The van der Waals surface area contributed by atoms with Crippen molar-refractivity contribution in [2.24, 2.45) is 4.99 Å². The summed E-state index contributed by atoms with van der Waals surface area (Å²) in [5.74, 6) is 0. The topological polar surface area (TPSA) is 12.4 Å². The SMILES string of the molecule is C=NC(C)(C)c1ccc(C(C)(C)CC)cc1. The van der Waals surface area contributed by atoms with Crippen molar-refractivity contribution in [3.05, 3.63) is 35.4 Å². The summed E-state index contributed by atoms with van der Waals surface area (Å²) in [7, 11) is 0. The van der Waals surface area contributed by atoms with E-state index in [0.29, 0.717) is 0 Å². The molecule has 0 aliphatic rings. The normalized spacial score (nSPS) is 12.6. The number of aliphatic imine (C=N–C) groups is 1. The zero-order valence-corrected chi connectivity index (χ0v) is 11.2. The van der Waals surface area contributed by atoms with Crippen molar-refractivity contribution in [3.8, 4) is 0 Å². The Kier molecular flexibility index (Phi) is 3.57. The standard InChI is InChI=1S/C15H23N/c1-7-14(2,3)12-8-10-13(11-9-12)15(4,5)16-6/h8-11H,6-7H2,1-5H3. The zero-order chi connectivity index (χ0) is 12.4. The first kappa shape index (κ1) is 13.0. The molecule has 1 rings (SSSR count). The van der Waals surface area contributed by atoms with Gasteiger partial charge in [0, 0.05) is 0 Å². The summed E-state index contributed by atoms with van der Waals surface area (Å²) < 4.78 is 0. The Morgan fingerprint density at radius 2 is 1.44 bits per heavy atom. The molecule has 1 aromatic carbocycles. The molecule has 0 amide bonds. The minimum Gasteiger partial charge on any atom is -0.290 e. The smallest absolute Gasteiger partial charge is 0.0793 e. The fraction of sp³-hybridized carbons (Fsp3) is 0.533. The van der Waals surface area contributed by atoms with Gasteiger partial charge in [0.05, 0.1) is 5.54 Å². The third kappa shape index (κ3) is 2.52. The van der Waals surface area contributed by atoms with Gasteiger partial charge in [-0.3, -0.25) is 4.99 Å². The van der Waals surface area contributed by atoms with E-state index >= 15 is 0 Å². The van der Waals surface area contributed by atoms with Crippen LogP contribution in [0.2, 0.25) is 0 Å². The van der Waals surface area contributed by atoms with E-state index in [2.05, 4.69) is 70.6 Å². The Morgan fingerprint density at radius 3 is 1.81 bits per heavy atom. The van der Waals surface area contributed by atoms with Gasteiger partial charge in [0.15, 0.2) is 0 Å². The van der Waals surface area contributed by atoms with Gasteiger partial charge in [-0.2, -0.15) is 0 Å². The third-order valence-electron chi connectivity index (χ3n) is 3.65. The van der Waals surface area contributed by atoms with Crippen LogP contribution in [0.3, 0.4) is 0 Å². The van der Waals surface area contributed by atoms with Gasteiger partial charge >= 0.3 is 0 Å². The number of benzene rings is 1. The Balaban J connectivity index is 3.05. The van der Waals surface area contributed by atoms with Crippen LogP contribution in [0.5, 0.6) is 0 Å². The van der Waals surface area contributed by atoms with Crippen molar-refractivity contribution in [1.29, 1.82) is 0 Å². The number of rotatable bonds is 4. The second kappa shape index (κ2) is 4.40. The molecule has 0 heterocycles. The van der Waals surface area contributed by atoms with E-state index in [1.54, 1.807) is 0 Å². The maximum atomic E-state index is 4.15. The molecule has 0 bridgehead atoms. The highest BCUT2D eigenvalue weighted by Crippen LogP contribution is 2.30. The van der Waals surface area contributed by atoms with Crippen molar-refractivity contribution in [3.63, 3.8) is 0 Å². The molecule has 0 fully saturated rings. The molecule has 0 unspecified atom stereocenters. The Hall–Kier alpha value is -1.11. The summed E-state index contributed by atoms with van der Waals surface area (Å²) in [5, 5.41) is 0. The fourth-order valence-corrected chi connectivity index (χ4v) is 1.62. The van der Waals surface area contributed by atoms with Gasteiger partial charge in [-0.25, -0.2) is 0 Å². The van der Waals surface area contributed by atoms with Crippen LogP contribution >= 0.6 is 0 Å². The molecular formula is C15H23N. The molecule has 1 nitrogen and oxygen atoms in total. The summed E-state index contributed by atoms with van der Waals surface area (Å²) in [4.78, 5) is 4.15. The molecule has 0 spiro atoms. The van der Waals surface area contributed by atoms with Gasteiger partial charge < -0.3 is 0 Å². The van der Waals surface area contributed by atoms with Crippen LogP contribution < -0.4 is 0 Å².